The van der Waals surface area contributed by atoms with Gasteiger partial charge in [-0.1, -0.05) is 0 Å². The van der Waals surface area contributed by atoms with E-state index in [1.165, 1.54) is 9.13 Å². The van der Waals surface area contributed by atoms with Gasteiger partial charge in [0.05, 0.1) is 17.2 Å². The zero-order valence-corrected chi connectivity index (χ0v) is 13.4. The molecule has 0 spiro atoms. The maximum atomic E-state index is 5.40. The van der Waals surface area contributed by atoms with Crippen molar-refractivity contribution in [3.8, 4) is 0 Å². The number of aromatic amines is 1. The van der Waals surface area contributed by atoms with Crippen LogP contribution in [-0.4, -0.2) is 19.3 Å². The van der Waals surface area contributed by atoms with E-state index in [2.05, 4.69) is 55.4 Å². The van der Waals surface area contributed by atoms with Gasteiger partial charge in [0.25, 0.3) is 0 Å². The van der Waals surface area contributed by atoms with Crippen LogP contribution in [0, 0.1) is 8.34 Å². The normalized spacial score (nSPS) is 11.3. The Morgan fingerprint density at radius 1 is 1.42 bits per heavy atom. The van der Waals surface area contributed by atoms with Crippen LogP contribution in [0.4, 0.5) is 0 Å². The van der Waals surface area contributed by atoms with Crippen LogP contribution in [0.5, 0.6) is 0 Å². The summed E-state index contributed by atoms with van der Waals surface area (Å²) in [4.78, 5) is 3.26. The van der Waals surface area contributed by atoms with Gasteiger partial charge in [0.1, 0.15) is 0 Å². The van der Waals surface area contributed by atoms with E-state index in [0.29, 0.717) is 0 Å². The fourth-order valence-electron chi connectivity index (χ4n) is 2.20. The highest BCUT2D eigenvalue weighted by Crippen LogP contribution is 2.18. The van der Waals surface area contributed by atoms with Gasteiger partial charge in [0.2, 0.25) is 0 Å². The van der Waals surface area contributed by atoms with Gasteiger partial charge in [-0.25, -0.2) is 0 Å². The van der Waals surface area contributed by atoms with E-state index < -0.39 is 0 Å². The average molecular weight is 384 g/mol. The topological polar surface area (TPSA) is 38.5 Å². The summed E-state index contributed by atoms with van der Waals surface area (Å²) in [6.45, 7) is 0.866. The van der Waals surface area contributed by atoms with Gasteiger partial charge in [0, 0.05) is 23.4 Å². The molecule has 4 nitrogen and oxygen atoms in total. The molecule has 1 aromatic carbocycles. The van der Waals surface area contributed by atoms with Gasteiger partial charge >= 0.3 is 0 Å². The third kappa shape index (κ3) is 2.59. The van der Waals surface area contributed by atoms with Gasteiger partial charge in [-0.2, -0.15) is 5.10 Å². The fourth-order valence-corrected chi connectivity index (χ4v) is 2.99. The van der Waals surface area contributed by atoms with E-state index in [9.17, 15) is 0 Å². The Labute approximate surface area is 129 Å². The number of hydrogen-bond donors (Lipinski definition) is 1. The van der Waals surface area contributed by atoms with Crippen molar-refractivity contribution in [1.29, 1.82) is 0 Å². The second-order valence-electron chi connectivity index (χ2n) is 4.52. The van der Waals surface area contributed by atoms with E-state index >= 15 is 0 Å². The van der Waals surface area contributed by atoms with Crippen LogP contribution in [0.25, 0.3) is 11.0 Å². The van der Waals surface area contributed by atoms with Crippen molar-refractivity contribution in [1.82, 2.24) is 19.3 Å². The number of aryl methyl sites for hydroxylation is 3. The van der Waals surface area contributed by atoms with Crippen LogP contribution < -0.4 is 0 Å². The zero-order valence-electron chi connectivity index (χ0n) is 10.4. The number of imidazole rings is 1. The predicted octanol–water partition coefficient (Wildman–Crippen LogP) is 3.28. The Balaban J connectivity index is 1.92. The quantitative estimate of drug-likeness (QED) is 0.556. The lowest BCUT2D eigenvalue weighted by atomic mass is 10.2. The summed E-state index contributed by atoms with van der Waals surface area (Å²) < 4.78 is 5.96. The molecule has 0 bridgehead atoms. The third-order valence-electron chi connectivity index (χ3n) is 3.12. The van der Waals surface area contributed by atoms with E-state index in [0.717, 1.165) is 28.8 Å². The number of H-pyrrole nitrogens is 1. The second kappa shape index (κ2) is 5.09. The lowest BCUT2D eigenvalue weighted by Crippen LogP contribution is -2.00. The summed E-state index contributed by atoms with van der Waals surface area (Å²) in [5, 5.41) is 4.19. The van der Waals surface area contributed by atoms with Crippen LogP contribution in [0.15, 0.2) is 30.6 Å². The maximum absolute atomic E-state index is 5.40. The first-order chi connectivity index (χ1) is 9.13. The van der Waals surface area contributed by atoms with Crippen LogP contribution in [0.3, 0.4) is 0 Å². The fraction of sp³-hybridized carbons (Fsp3) is 0.231. The highest BCUT2D eigenvalue weighted by Gasteiger charge is 2.05. The van der Waals surface area contributed by atoms with Gasteiger partial charge < -0.3 is 9.55 Å². The van der Waals surface area contributed by atoms with E-state index in [1.54, 1.807) is 0 Å². The van der Waals surface area contributed by atoms with E-state index in [4.69, 9.17) is 12.2 Å². The minimum Gasteiger partial charge on any atom is -0.331 e. The molecule has 0 unspecified atom stereocenters. The number of benzene rings is 1. The molecule has 0 aliphatic heterocycles. The highest BCUT2D eigenvalue weighted by atomic mass is 127. The number of aromatic nitrogens is 4. The molecule has 0 radical (unpaired) electrons. The molecular weight excluding hydrogens is 371 g/mol. The molecule has 0 aliphatic carbocycles. The Morgan fingerprint density at radius 2 is 2.26 bits per heavy atom. The van der Waals surface area contributed by atoms with Gasteiger partial charge in [-0.05, 0) is 65.0 Å². The standard InChI is InChI=1S/C13H13IN4S/c1-17-8-9(7-15-17)4-5-18-12-3-2-10(14)6-11(12)16-13(18)19/h2-3,6-8H,4-5H2,1H3,(H,16,19). The molecule has 1 N–H and O–H groups in total. The van der Waals surface area contributed by atoms with Gasteiger partial charge in [0.15, 0.2) is 4.77 Å². The lowest BCUT2D eigenvalue weighted by Gasteiger charge is -2.03. The monoisotopic (exact) mass is 384 g/mol. The molecule has 2 heterocycles. The lowest BCUT2D eigenvalue weighted by molar-refractivity contribution is 0.705. The van der Waals surface area contributed by atoms with Crippen molar-refractivity contribution >= 4 is 45.8 Å². The summed E-state index contributed by atoms with van der Waals surface area (Å²) in [5.41, 5.74) is 3.49. The first-order valence-electron chi connectivity index (χ1n) is 5.99. The summed E-state index contributed by atoms with van der Waals surface area (Å²) in [6.07, 6.45) is 4.88. The molecule has 0 fully saturated rings. The number of hydrogen-bond acceptors (Lipinski definition) is 2. The van der Waals surface area contributed by atoms with Gasteiger partial charge in [-0.3, -0.25) is 4.68 Å². The van der Waals surface area contributed by atoms with Crippen LogP contribution in [-0.2, 0) is 20.0 Å². The number of nitrogens with one attached hydrogen (secondary N) is 1. The Kier molecular flexibility index (Phi) is 3.44. The maximum Gasteiger partial charge on any atom is 0.178 e. The minimum atomic E-state index is 0.779. The first kappa shape index (κ1) is 12.9. The summed E-state index contributed by atoms with van der Waals surface area (Å²) in [7, 11) is 1.93. The van der Waals surface area contributed by atoms with Gasteiger partial charge in [-0.15, -0.1) is 0 Å². The predicted molar refractivity (Wildman–Crippen MR) is 86.8 cm³/mol. The molecule has 2 aromatic heterocycles. The van der Waals surface area contributed by atoms with Crippen molar-refractivity contribution in [3.63, 3.8) is 0 Å². The molecular formula is C13H13IN4S. The largest absolute Gasteiger partial charge is 0.331 e. The Morgan fingerprint density at radius 3 is 3.00 bits per heavy atom. The molecule has 19 heavy (non-hydrogen) atoms. The highest BCUT2D eigenvalue weighted by molar-refractivity contribution is 14.1. The second-order valence-corrected chi connectivity index (χ2v) is 6.15. The number of rotatable bonds is 3. The van der Waals surface area contributed by atoms with Crippen LogP contribution in [0.2, 0.25) is 0 Å². The summed E-state index contributed by atoms with van der Waals surface area (Å²) in [6, 6.07) is 6.34. The SMILES string of the molecule is Cn1cc(CCn2c(=S)[nH]c3cc(I)ccc32)cn1. The molecule has 0 amide bonds. The van der Waals surface area contributed by atoms with E-state index in [-0.39, 0.29) is 0 Å². The number of fused-ring (bicyclic) bond motifs is 1. The zero-order chi connectivity index (χ0) is 13.4. The number of nitrogens with zero attached hydrogens (tertiary/aromatic N) is 3. The van der Waals surface area contributed by atoms with Crippen LogP contribution in [0.1, 0.15) is 5.56 Å². The molecule has 6 heteroatoms. The molecule has 3 aromatic rings. The Bertz CT molecular complexity index is 783. The summed E-state index contributed by atoms with van der Waals surface area (Å²) in [5.74, 6) is 0. The third-order valence-corrected chi connectivity index (χ3v) is 4.11. The van der Waals surface area contributed by atoms with E-state index in [1.807, 2.05) is 24.1 Å². The first-order valence-corrected chi connectivity index (χ1v) is 7.48. The van der Waals surface area contributed by atoms with Crippen LogP contribution >= 0.6 is 34.8 Å². The molecule has 98 valence electrons. The van der Waals surface area contributed by atoms with Crippen molar-refractivity contribution in [3.05, 3.63) is 44.5 Å². The average Bonchev–Trinajstić information content (AvgIpc) is 2.89. The van der Waals surface area contributed by atoms with Crippen molar-refractivity contribution in [2.45, 2.75) is 13.0 Å². The molecule has 0 saturated heterocycles. The van der Waals surface area contributed by atoms with Crippen molar-refractivity contribution < 1.29 is 0 Å². The Hall–Kier alpha value is -1.15. The van der Waals surface area contributed by atoms with Crippen molar-refractivity contribution in [2.24, 2.45) is 7.05 Å². The molecule has 0 atom stereocenters. The molecule has 0 aliphatic rings. The number of halogens is 1. The minimum absolute atomic E-state index is 0.779. The summed E-state index contributed by atoms with van der Waals surface area (Å²) >= 11 is 7.71. The molecule has 0 saturated carbocycles. The smallest absolute Gasteiger partial charge is 0.178 e. The molecule has 3 rings (SSSR count). The van der Waals surface area contributed by atoms with Crippen molar-refractivity contribution in [2.75, 3.05) is 0 Å².